The molecule has 0 saturated heterocycles. The van der Waals surface area contributed by atoms with Crippen molar-refractivity contribution in [3.8, 4) is 0 Å². The molecule has 1 heterocycles. The third-order valence-corrected chi connectivity index (χ3v) is 2.76. The quantitative estimate of drug-likeness (QED) is 0.651. The summed E-state index contributed by atoms with van der Waals surface area (Å²) < 4.78 is -0.282. The molecule has 0 spiro atoms. The molecule has 0 bridgehead atoms. The number of hydrogen-bond donors (Lipinski definition) is 1. The van der Waals surface area contributed by atoms with Crippen LogP contribution in [0.1, 0.15) is 20.8 Å². The van der Waals surface area contributed by atoms with Gasteiger partial charge in [-0.3, -0.25) is 4.99 Å². The van der Waals surface area contributed by atoms with E-state index in [0.29, 0.717) is 0 Å². The van der Waals surface area contributed by atoms with Crippen molar-refractivity contribution in [1.82, 2.24) is 0 Å². The largest absolute Gasteiger partial charge is 0.480 e. The van der Waals surface area contributed by atoms with Crippen LogP contribution in [0.5, 0.6) is 0 Å². The van der Waals surface area contributed by atoms with Crippen molar-refractivity contribution < 1.29 is 9.90 Å². The van der Waals surface area contributed by atoms with Crippen LogP contribution < -0.4 is 0 Å². The van der Waals surface area contributed by atoms with Gasteiger partial charge >= 0.3 is 5.97 Å². The van der Waals surface area contributed by atoms with Crippen molar-refractivity contribution >= 4 is 22.8 Å². The minimum absolute atomic E-state index is 0.282. The lowest BCUT2D eigenvalue weighted by Crippen LogP contribution is -2.34. The highest BCUT2D eigenvalue weighted by Gasteiger charge is 2.40. The highest BCUT2D eigenvalue weighted by molar-refractivity contribution is 8.15. The van der Waals surface area contributed by atoms with Crippen LogP contribution in [0, 0.1) is 0 Å². The fourth-order valence-electron chi connectivity index (χ4n) is 1.15. The first kappa shape index (κ1) is 8.59. The van der Waals surface area contributed by atoms with Crippen LogP contribution in [0.2, 0.25) is 0 Å². The Balaban J connectivity index is 2.86. The summed E-state index contributed by atoms with van der Waals surface area (Å²) in [5, 5.41) is 9.61. The second kappa shape index (κ2) is 2.52. The van der Waals surface area contributed by atoms with Crippen LogP contribution in [-0.4, -0.2) is 26.9 Å². The zero-order valence-corrected chi connectivity index (χ0v) is 7.60. The summed E-state index contributed by atoms with van der Waals surface area (Å²) in [7, 11) is 0. The van der Waals surface area contributed by atoms with Crippen molar-refractivity contribution in [2.75, 3.05) is 0 Å². The highest BCUT2D eigenvalue weighted by Crippen LogP contribution is 2.37. The summed E-state index contributed by atoms with van der Waals surface area (Å²) in [5.74, 6) is -0.834. The molecule has 0 fully saturated rings. The van der Waals surface area contributed by atoms with E-state index in [2.05, 4.69) is 4.99 Å². The summed E-state index contributed by atoms with van der Waals surface area (Å²) in [6, 6.07) is -0.576. The number of carbonyl (C=O) groups is 1. The Bertz CT molecular complexity index is 222. The van der Waals surface area contributed by atoms with Crippen molar-refractivity contribution in [3.05, 3.63) is 0 Å². The fraction of sp³-hybridized carbons (Fsp3) is 0.714. The average molecular weight is 173 g/mol. The second-order valence-electron chi connectivity index (χ2n) is 3.09. The Kier molecular flexibility index (Phi) is 1.96. The van der Waals surface area contributed by atoms with Crippen LogP contribution in [0.15, 0.2) is 4.99 Å². The van der Waals surface area contributed by atoms with Crippen LogP contribution >= 0.6 is 11.8 Å². The summed E-state index contributed by atoms with van der Waals surface area (Å²) >= 11 is 1.53. The average Bonchev–Trinajstić information content (AvgIpc) is 2.04. The summed E-state index contributed by atoms with van der Waals surface area (Å²) in [6.07, 6.45) is 0. The molecule has 1 atom stereocenters. The first-order valence-corrected chi connectivity index (χ1v) is 4.21. The van der Waals surface area contributed by atoms with Gasteiger partial charge in [0.15, 0.2) is 6.04 Å². The standard InChI is InChI=1S/C7H11NO2S/c1-4-8-5(6(9)10)7(2,3)11-4/h5H,1-3H3,(H,9,10)/t5-/m1/s1. The highest BCUT2D eigenvalue weighted by atomic mass is 32.2. The van der Waals surface area contributed by atoms with Gasteiger partial charge in [-0.2, -0.15) is 0 Å². The van der Waals surface area contributed by atoms with Crippen molar-refractivity contribution in [3.63, 3.8) is 0 Å². The van der Waals surface area contributed by atoms with Crippen LogP contribution in [0.3, 0.4) is 0 Å². The van der Waals surface area contributed by atoms with Crippen LogP contribution in [-0.2, 0) is 4.79 Å². The molecule has 0 amide bonds. The van der Waals surface area contributed by atoms with Gasteiger partial charge in [-0.15, -0.1) is 11.8 Å². The number of rotatable bonds is 1. The first-order chi connectivity index (χ1) is 4.93. The number of thioether (sulfide) groups is 1. The SMILES string of the molecule is CC1=N[C@H](C(=O)O)C(C)(C)S1. The van der Waals surface area contributed by atoms with Crippen molar-refractivity contribution in [1.29, 1.82) is 0 Å². The van der Waals surface area contributed by atoms with Crippen molar-refractivity contribution in [2.24, 2.45) is 4.99 Å². The molecular weight excluding hydrogens is 162 g/mol. The summed E-state index contributed by atoms with van der Waals surface area (Å²) in [5.41, 5.74) is 0. The molecule has 0 aromatic carbocycles. The van der Waals surface area contributed by atoms with Crippen molar-refractivity contribution in [2.45, 2.75) is 31.6 Å². The van der Waals surface area contributed by atoms with E-state index >= 15 is 0 Å². The molecule has 62 valence electrons. The predicted molar refractivity (Wildman–Crippen MR) is 46.2 cm³/mol. The zero-order valence-electron chi connectivity index (χ0n) is 6.79. The molecule has 3 nitrogen and oxygen atoms in total. The molecule has 4 heteroatoms. The lowest BCUT2D eigenvalue weighted by molar-refractivity contribution is -0.138. The van der Waals surface area contributed by atoms with E-state index in [0.717, 1.165) is 5.04 Å². The van der Waals surface area contributed by atoms with Gasteiger partial charge in [0.1, 0.15) is 0 Å². The molecule has 0 aromatic rings. The van der Waals surface area contributed by atoms with Gasteiger partial charge in [-0.25, -0.2) is 4.79 Å². The maximum absolute atomic E-state index is 10.6. The maximum atomic E-state index is 10.6. The topological polar surface area (TPSA) is 49.7 Å². The van der Waals surface area contributed by atoms with E-state index in [1.807, 2.05) is 20.8 Å². The fourth-order valence-corrected chi connectivity index (χ4v) is 2.34. The zero-order chi connectivity index (χ0) is 8.65. The van der Waals surface area contributed by atoms with E-state index in [-0.39, 0.29) is 4.75 Å². The predicted octanol–water partition coefficient (Wildman–Crippen LogP) is 1.38. The minimum atomic E-state index is -0.834. The molecule has 0 radical (unpaired) electrons. The molecule has 0 aliphatic carbocycles. The maximum Gasteiger partial charge on any atom is 0.329 e. The smallest absolute Gasteiger partial charge is 0.329 e. The number of hydrogen-bond acceptors (Lipinski definition) is 3. The van der Waals surface area contributed by atoms with E-state index in [1.165, 1.54) is 11.8 Å². The molecule has 1 aliphatic rings. The minimum Gasteiger partial charge on any atom is -0.480 e. The molecule has 0 saturated carbocycles. The monoisotopic (exact) mass is 173 g/mol. The Morgan fingerprint density at radius 3 is 2.45 bits per heavy atom. The summed E-state index contributed by atoms with van der Waals surface area (Å²) in [6.45, 7) is 5.64. The molecular formula is C7H11NO2S. The van der Waals surface area contributed by atoms with Crippen LogP contribution in [0.25, 0.3) is 0 Å². The normalized spacial score (nSPS) is 28.3. The molecule has 0 aromatic heterocycles. The lowest BCUT2D eigenvalue weighted by Gasteiger charge is -2.19. The summed E-state index contributed by atoms with van der Waals surface area (Å²) in [4.78, 5) is 14.7. The van der Waals surface area contributed by atoms with Gasteiger partial charge in [-0.05, 0) is 20.8 Å². The Morgan fingerprint density at radius 1 is 1.73 bits per heavy atom. The van der Waals surface area contributed by atoms with E-state index in [1.54, 1.807) is 0 Å². The van der Waals surface area contributed by atoms with Gasteiger partial charge < -0.3 is 5.11 Å². The number of aliphatic imine (C=N–C) groups is 1. The third-order valence-electron chi connectivity index (χ3n) is 1.61. The van der Waals surface area contributed by atoms with Gasteiger partial charge in [0.25, 0.3) is 0 Å². The van der Waals surface area contributed by atoms with E-state index in [9.17, 15) is 4.79 Å². The Hall–Kier alpha value is -0.510. The Morgan fingerprint density at radius 2 is 2.27 bits per heavy atom. The number of nitrogens with zero attached hydrogens (tertiary/aromatic N) is 1. The molecule has 1 rings (SSSR count). The molecule has 1 aliphatic heterocycles. The van der Waals surface area contributed by atoms with Crippen LogP contribution in [0.4, 0.5) is 0 Å². The third kappa shape index (κ3) is 1.56. The number of aliphatic carboxylic acids is 1. The van der Waals surface area contributed by atoms with Gasteiger partial charge in [0, 0.05) is 4.75 Å². The Labute approximate surface area is 69.9 Å². The van der Waals surface area contributed by atoms with Gasteiger partial charge in [-0.1, -0.05) is 0 Å². The van der Waals surface area contributed by atoms with E-state index < -0.39 is 12.0 Å². The lowest BCUT2D eigenvalue weighted by atomic mass is 10.0. The van der Waals surface area contributed by atoms with Gasteiger partial charge in [0.2, 0.25) is 0 Å². The van der Waals surface area contributed by atoms with E-state index in [4.69, 9.17) is 5.11 Å². The number of carboxylic acids is 1. The molecule has 11 heavy (non-hydrogen) atoms. The van der Waals surface area contributed by atoms with Gasteiger partial charge in [0.05, 0.1) is 5.04 Å². The second-order valence-corrected chi connectivity index (χ2v) is 4.94. The molecule has 1 N–H and O–H groups in total. The number of carboxylic acid groups (broad SMARTS) is 1. The first-order valence-electron chi connectivity index (χ1n) is 3.40. The molecule has 0 unspecified atom stereocenters.